The van der Waals surface area contributed by atoms with Crippen LogP contribution in [-0.4, -0.2) is 12.6 Å². The van der Waals surface area contributed by atoms with E-state index in [1.807, 2.05) is 0 Å². The molecule has 2 aromatic carbocycles. The quantitative estimate of drug-likeness (QED) is 0.796. The minimum Gasteiger partial charge on any atom is -0.309 e. The summed E-state index contributed by atoms with van der Waals surface area (Å²) in [6.07, 6.45) is 2.05. The Morgan fingerprint density at radius 1 is 0.900 bits per heavy atom. The molecule has 1 N–H and O–H groups in total. The molecule has 0 saturated heterocycles. The number of benzene rings is 2. The van der Waals surface area contributed by atoms with Gasteiger partial charge in [0.2, 0.25) is 0 Å². The molecule has 0 spiro atoms. The monoisotopic (exact) mass is 329 g/mol. The van der Waals surface area contributed by atoms with Crippen LogP contribution in [0.2, 0.25) is 0 Å². The average Bonchev–Trinajstić information content (AvgIpc) is 2.47. The van der Waals surface area contributed by atoms with Crippen LogP contribution in [0.5, 0.6) is 0 Å². The van der Waals surface area contributed by atoms with Gasteiger partial charge in [0.1, 0.15) is 0 Å². The van der Waals surface area contributed by atoms with Crippen molar-refractivity contribution in [3.63, 3.8) is 0 Å². The Kier molecular flexibility index (Phi) is 6.03. The predicted octanol–water partition coefficient (Wildman–Crippen LogP) is 4.34. The smallest absolute Gasteiger partial charge is 0.0268 e. The molecule has 0 radical (unpaired) electrons. The number of rotatable bonds is 7. The minimum absolute atomic E-state index is 0.411. The van der Waals surface area contributed by atoms with Crippen LogP contribution in [0, 0.1) is 0 Å². The first kappa shape index (κ1) is 15.0. The normalized spacial score (nSPS) is 10.7. The fourth-order valence-corrected chi connectivity index (χ4v) is 2.43. The van der Waals surface area contributed by atoms with E-state index < -0.39 is 0 Å². The highest BCUT2D eigenvalue weighted by atomic mass is 79.9. The first-order chi connectivity index (χ1) is 9.74. The lowest BCUT2D eigenvalue weighted by atomic mass is 9.99. The molecule has 0 bridgehead atoms. The first-order valence-corrected chi connectivity index (χ1v) is 7.68. The van der Waals surface area contributed by atoms with Crippen molar-refractivity contribution in [2.24, 2.45) is 0 Å². The highest BCUT2D eigenvalue weighted by Crippen LogP contribution is 2.10. The van der Waals surface area contributed by atoms with Crippen LogP contribution in [0.25, 0.3) is 0 Å². The largest absolute Gasteiger partial charge is 0.309 e. The van der Waals surface area contributed by atoms with Crippen molar-refractivity contribution in [3.05, 3.63) is 82.9 Å². The van der Waals surface area contributed by atoms with Crippen molar-refractivity contribution in [1.29, 1.82) is 0 Å². The maximum absolute atomic E-state index is 3.90. The predicted molar refractivity (Wildman–Crippen MR) is 90.1 cm³/mol. The van der Waals surface area contributed by atoms with E-state index in [1.54, 1.807) is 0 Å². The van der Waals surface area contributed by atoms with Crippen LogP contribution in [0.1, 0.15) is 11.1 Å². The Labute approximate surface area is 129 Å². The SMILES string of the molecule is C=C(Br)CNC(Cc1ccccc1)Cc1ccccc1. The minimum atomic E-state index is 0.411. The lowest BCUT2D eigenvalue weighted by Crippen LogP contribution is -2.34. The van der Waals surface area contributed by atoms with Gasteiger partial charge in [-0.1, -0.05) is 83.2 Å². The zero-order chi connectivity index (χ0) is 14.2. The van der Waals surface area contributed by atoms with Crippen molar-refractivity contribution in [2.45, 2.75) is 18.9 Å². The third kappa shape index (κ3) is 5.32. The summed E-state index contributed by atoms with van der Waals surface area (Å²) >= 11 is 3.42. The molecule has 0 heterocycles. The van der Waals surface area contributed by atoms with Gasteiger partial charge in [-0.2, -0.15) is 0 Å². The van der Waals surface area contributed by atoms with Gasteiger partial charge in [-0.25, -0.2) is 0 Å². The lowest BCUT2D eigenvalue weighted by Gasteiger charge is -2.19. The molecule has 0 atom stereocenters. The van der Waals surface area contributed by atoms with Crippen LogP contribution >= 0.6 is 15.9 Å². The summed E-state index contributed by atoms with van der Waals surface area (Å²) in [6, 6.07) is 21.6. The van der Waals surface area contributed by atoms with E-state index in [0.29, 0.717) is 6.04 Å². The topological polar surface area (TPSA) is 12.0 Å². The standard InChI is InChI=1S/C18H20BrN/c1-15(19)14-20-18(12-16-8-4-2-5-9-16)13-17-10-6-3-7-11-17/h2-11,18,20H,1,12-14H2. The third-order valence-electron chi connectivity index (χ3n) is 3.23. The van der Waals surface area contributed by atoms with Crippen LogP contribution in [-0.2, 0) is 12.8 Å². The summed E-state index contributed by atoms with van der Waals surface area (Å²) in [4.78, 5) is 0. The lowest BCUT2D eigenvalue weighted by molar-refractivity contribution is 0.533. The fraction of sp³-hybridized carbons (Fsp3) is 0.222. The van der Waals surface area contributed by atoms with Crippen LogP contribution < -0.4 is 5.32 Å². The van der Waals surface area contributed by atoms with Crippen molar-refractivity contribution < 1.29 is 0 Å². The molecule has 0 aliphatic carbocycles. The van der Waals surface area contributed by atoms with Crippen molar-refractivity contribution in [1.82, 2.24) is 5.32 Å². The Morgan fingerprint density at radius 2 is 1.35 bits per heavy atom. The van der Waals surface area contributed by atoms with Gasteiger partial charge in [0.25, 0.3) is 0 Å². The molecule has 2 heteroatoms. The maximum atomic E-state index is 3.90. The van der Waals surface area contributed by atoms with E-state index in [9.17, 15) is 0 Å². The van der Waals surface area contributed by atoms with E-state index in [4.69, 9.17) is 0 Å². The van der Waals surface area contributed by atoms with Gasteiger partial charge < -0.3 is 5.32 Å². The Bertz CT molecular complexity index is 480. The van der Waals surface area contributed by atoms with Gasteiger partial charge >= 0.3 is 0 Å². The van der Waals surface area contributed by atoms with E-state index >= 15 is 0 Å². The molecule has 1 nitrogen and oxygen atoms in total. The first-order valence-electron chi connectivity index (χ1n) is 6.88. The second-order valence-electron chi connectivity index (χ2n) is 4.97. The summed E-state index contributed by atoms with van der Waals surface area (Å²) in [5.41, 5.74) is 2.72. The number of halogens is 1. The van der Waals surface area contributed by atoms with Gasteiger partial charge in [0, 0.05) is 17.1 Å². The highest BCUT2D eigenvalue weighted by molar-refractivity contribution is 9.11. The molecule has 0 aromatic heterocycles. The Morgan fingerprint density at radius 3 is 1.75 bits per heavy atom. The van der Waals surface area contributed by atoms with Crippen molar-refractivity contribution in [3.8, 4) is 0 Å². The van der Waals surface area contributed by atoms with Gasteiger partial charge in [0.15, 0.2) is 0 Å². The molecular weight excluding hydrogens is 310 g/mol. The van der Waals surface area contributed by atoms with Crippen LogP contribution in [0.4, 0.5) is 0 Å². The van der Waals surface area contributed by atoms with Crippen molar-refractivity contribution >= 4 is 15.9 Å². The summed E-state index contributed by atoms with van der Waals surface area (Å²) in [7, 11) is 0. The van der Waals surface area contributed by atoms with E-state index in [1.165, 1.54) is 11.1 Å². The summed E-state index contributed by atoms with van der Waals surface area (Å²) < 4.78 is 0.989. The van der Waals surface area contributed by atoms with Gasteiger partial charge in [-0.15, -0.1) is 0 Å². The third-order valence-corrected chi connectivity index (χ3v) is 3.51. The van der Waals surface area contributed by atoms with Gasteiger partial charge in [-0.05, 0) is 24.0 Å². The molecule has 20 heavy (non-hydrogen) atoms. The number of nitrogens with one attached hydrogen (secondary N) is 1. The van der Waals surface area contributed by atoms with E-state index in [0.717, 1.165) is 23.9 Å². The number of hydrogen-bond donors (Lipinski definition) is 1. The summed E-state index contributed by atoms with van der Waals surface area (Å²) in [5.74, 6) is 0. The molecule has 0 aliphatic heterocycles. The Hall–Kier alpha value is -1.38. The highest BCUT2D eigenvalue weighted by Gasteiger charge is 2.10. The van der Waals surface area contributed by atoms with Gasteiger partial charge in [-0.3, -0.25) is 0 Å². The zero-order valence-electron chi connectivity index (χ0n) is 11.6. The maximum Gasteiger partial charge on any atom is 0.0268 e. The van der Waals surface area contributed by atoms with Crippen LogP contribution in [0.15, 0.2) is 71.7 Å². The summed E-state index contributed by atoms with van der Waals surface area (Å²) in [5, 5.41) is 3.57. The summed E-state index contributed by atoms with van der Waals surface area (Å²) in [6.45, 7) is 4.69. The van der Waals surface area contributed by atoms with Crippen molar-refractivity contribution in [2.75, 3.05) is 6.54 Å². The average molecular weight is 330 g/mol. The Balaban J connectivity index is 2.02. The molecule has 0 saturated carbocycles. The molecule has 104 valence electrons. The fourth-order valence-electron chi connectivity index (χ4n) is 2.27. The second-order valence-corrected chi connectivity index (χ2v) is 6.10. The van der Waals surface area contributed by atoms with E-state index in [-0.39, 0.29) is 0 Å². The number of hydrogen-bond acceptors (Lipinski definition) is 1. The zero-order valence-corrected chi connectivity index (χ0v) is 13.1. The molecule has 2 rings (SSSR count). The molecule has 0 fully saturated rings. The molecule has 0 amide bonds. The second kappa shape index (κ2) is 8.03. The van der Waals surface area contributed by atoms with E-state index in [2.05, 4.69) is 88.5 Å². The van der Waals surface area contributed by atoms with Crippen LogP contribution in [0.3, 0.4) is 0 Å². The van der Waals surface area contributed by atoms with Gasteiger partial charge in [0.05, 0.1) is 0 Å². The molecule has 0 unspecified atom stereocenters. The molecular formula is C18H20BrN. The molecule has 0 aliphatic rings. The molecule has 2 aromatic rings.